The SMILES string of the molecule is CC1(CNS(=O)(=O)c2ccc(C#N)nc2)CCCC1. The van der Waals surface area contributed by atoms with Gasteiger partial charge in [-0.2, -0.15) is 5.26 Å². The largest absolute Gasteiger partial charge is 0.244 e. The molecule has 5 nitrogen and oxygen atoms in total. The van der Waals surface area contributed by atoms with Gasteiger partial charge in [-0.25, -0.2) is 18.1 Å². The molecule has 0 unspecified atom stereocenters. The molecule has 1 saturated carbocycles. The predicted octanol–water partition coefficient (Wildman–Crippen LogP) is 1.81. The van der Waals surface area contributed by atoms with Gasteiger partial charge in [-0.05, 0) is 30.4 Å². The molecule has 1 heterocycles. The van der Waals surface area contributed by atoms with Crippen LogP contribution in [0.15, 0.2) is 23.2 Å². The number of rotatable bonds is 4. The number of hydrogen-bond donors (Lipinski definition) is 1. The molecule has 1 aromatic rings. The van der Waals surface area contributed by atoms with Crippen LogP contribution in [-0.2, 0) is 10.0 Å². The molecule has 1 aliphatic rings. The lowest BCUT2D eigenvalue weighted by Gasteiger charge is -2.23. The molecule has 0 radical (unpaired) electrons. The van der Waals surface area contributed by atoms with Crippen LogP contribution in [0.5, 0.6) is 0 Å². The molecule has 1 N–H and O–H groups in total. The molecule has 0 atom stereocenters. The third-order valence-electron chi connectivity index (χ3n) is 3.66. The zero-order chi connectivity index (χ0) is 13.9. The van der Waals surface area contributed by atoms with Gasteiger partial charge in [0.05, 0.1) is 0 Å². The summed E-state index contributed by atoms with van der Waals surface area (Å²) < 4.78 is 26.8. The second-order valence-electron chi connectivity index (χ2n) is 5.33. The van der Waals surface area contributed by atoms with E-state index in [1.807, 2.05) is 6.07 Å². The van der Waals surface area contributed by atoms with E-state index in [1.54, 1.807) is 0 Å². The number of nitrogens with zero attached hydrogens (tertiary/aromatic N) is 2. The van der Waals surface area contributed by atoms with Gasteiger partial charge in [0.15, 0.2) is 0 Å². The topological polar surface area (TPSA) is 82.9 Å². The number of hydrogen-bond acceptors (Lipinski definition) is 4. The molecule has 0 bridgehead atoms. The van der Waals surface area contributed by atoms with E-state index in [0.29, 0.717) is 6.54 Å². The summed E-state index contributed by atoms with van der Waals surface area (Å²) >= 11 is 0. The number of pyridine rings is 1. The molecule has 0 amide bonds. The molecule has 19 heavy (non-hydrogen) atoms. The van der Waals surface area contributed by atoms with Crippen molar-refractivity contribution in [3.05, 3.63) is 24.0 Å². The third kappa shape index (κ3) is 3.31. The van der Waals surface area contributed by atoms with Crippen LogP contribution in [0.25, 0.3) is 0 Å². The maximum absolute atomic E-state index is 12.1. The first kappa shape index (κ1) is 14.0. The highest BCUT2D eigenvalue weighted by Crippen LogP contribution is 2.36. The monoisotopic (exact) mass is 279 g/mol. The molecule has 6 heteroatoms. The minimum atomic E-state index is -3.53. The lowest BCUT2D eigenvalue weighted by molar-refractivity contribution is 0.336. The zero-order valence-electron chi connectivity index (χ0n) is 10.9. The first-order valence-electron chi connectivity index (χ1n) is 6.31. The van der Waals surface area contributed by atoms with Crippen LogP contribution in [0.1, 0.15) is 38.3 Å². The molecule has 0 saturated heterocycles. The van der Waals surface area contributed by atoms with Crippen LogP contribution < -0.4 is 4.72 Å². The van der Waals surface area contributed by atoms with E-state index in [4.69, 9.17) is 5.26 Å². The summed E-state index contributed by atoms with van der Waals surface area (Å²) in [7, 11) is -3.53. The van der Waals surface area contributed by atoms with Crippen molar-refractivity contribution in [1.29, 1.82) is 5.26 Å². The average Bonchev–Trinajstić information content (AvgIpc) is 2.84. The summed E-state index contributed by atoms with van der Waals surface area (Å²) in [5.74, 6) is 0. The molecule has 0 aliphatic heterocycles. The van der Waals surface area contributed by atoms with Gasteiger partial charge < -0.3 is 0 Å². The third-order valence-corrected chi connectivity index (χ3v) is 5.05. The summed E-state index contributed by atoms with van der Waals surface area (Å²) in [6, 6.07) is 4.68. The minimum absolute atomic E-state index is 0.0626. The molecule has 2 rings (SSSR count). The summed E-state index contributed by atoms with van der Waals surface area (Å²) in [6.07, 6.45) is 5.66. The summed E-state index contributed by atoms with van der Waals surface area (Å²) in [5, 5.41) is 8.63. The van der Waals surface area contributed by atoms with Crippen molar-refractivity contribution in [3.8, 4) is 6.07 Å². The van der Waals surface area contributed by atoms with Crippen molar-refractivity contribution in [3.63, 3.8) is 0 Å². The molecule has 0 spiro atoms. The summed E-state index contributed by atoms with van der Waals surface area (Å²) in [6.45, 7) is 2.56. The van der Waals surface area contributed by atoms with Gasteiger partial charge in [0.1, 0.15) is 16.7 Å². The molecule has 102 valence electrons. The highest BCUT2D eigenvalue weighted by molar-refractivity contribution is 7.89. The highest BCUT2D eigenvalue weighted by Gasteiger charge is 2.30. The Balaban J connectivity index is 2.07. The predicted molar refractivity (Wildman–Crippen MR) is 70.7 cm³/mol. The molecule has 1 aromatic heterocycles. The highest BCUT2D eigenvalue weighted by atomic mass is 32.2. The fourth-order valence-corrected chi connectivity index (χ4v) is 3.51. The molecule has 0 aromatic carbocycles. The van der Waals surface area contributed by atoms with Crippen molar-refractivity contribution in [1.82, 2.24) is 9.71 Å². The first-order valence-corrected chi connectivity index (χ1v) is 7.79. The maximum atomic E-state index is 12.1. The summed E-state index contributed by atoms with van der Waals surface area (Å²) in [4.78, 5) is 3.88. The van der Waals surface area contributed by atoms with E-state index >= 15 is 0 Å². The maximum Gasteiger partial charge on any atom is 0.242 e. The smallest absolute Gasteiger partial charge is 0.242 e. The van der Waals surface area contributed by atoms with Crippen LogP contribution in [0.2, 0.25) is 0 Å². The van der Waals surface area contributed by atoms with E-state index < -0.39 is 10.0 Å². The standard InChI is InChI=1S/C13H17N3O2S/c1-13(6-2-3-7-13)10-16-19(17,18)12-5-4-11(8-14)15-9-12/h4-5,9,16H,2-3,6-7,10H2,1H3. The Morgan fingerprint density at radius 2 is 2.11 bits per heavy atom. The van der Waals surface area contributed by atoms with Crippen molar-refractivity contribution >= 4 is 10.0 Å². The Morgan fingerprint density at radius 1 is 1.42 bits per heavy atom. The van der Waals surface area contributed by atoms with E-state index in [2.05, 4.69) is 16.6 Å². The van der Waals surface area contributed by atoms with E-state index in [9.17, 15) is 8.42 Å². The normalized spacial score (nSPS) is 18.1. The first-order chi connectivity index (χ1) is 8.95. The molecule has 1 aliphatic carbocycles. The van der Waals surface area contributed by atoms with Crippen LogP contribution in [0.3, 0.4) is 0 Å². The lowest BCUT2D eigenvalue weighted by Crippen LogP contribution is -2.34. The summed E-state index contributed by atoms with van der Waals surface area (Å²) in [5.41, 5.74) is 0.273. The van der Waals surface area contributed by atoms with Gasteiger partial charge in [0.25, 0.3) is 0 Å². The van der Waals surface area contributed by atoms with E-state index in [0.717, 1.165) is 25.7 Å². The van der Waals surface area contributed by atoms with Crippen molar-refractivity contribution in [2.45, 2.75) is 37.5 Å². The number of aromatic nitrogens is 1. The van der Waals surface area contributed by atoms with Crippen LogP contribution in [0, 0.1) is 16.7 Å². The fraction of sp³-hybridized carbons (Fsp3) is 0.538. The Morgan fingerprint density at radius 3 is 2.63 bits per heavy atom. The second kappa shape index (κ2) is 5.27. The van der Waals surface area contributed by atoms with Gasteiger partial charge in [0, 0.05) is 12.7 Å². The quantitative estimate of drug-likeness (QED) is 0.911. The van der Waals surface area contributed by atoms with Gasteiger partial charge >= 0.3 is 0 Å². The van der Waals surface area contributed by atoms with E-state index in [1.165, 1.54) is 18.3 Å². The van der Waals surface area contributed by atoms with Crippen molar-refractivity contribution < 1.29 is 8.42 Å². The fourth-order valence-electron chi connectivity index (χ4n) is 2.36. The van der Waals surface area contributed by atoms with Crippen molar-refractivity contribution in [2.24, 2.45) is 5.41 Å². The Hall–Kier alpha value is -1.45. The van der Waals surface area contributed by atoms with Gasteiger partial charge in [-0.1, -0.05) is 19.8 Å². The van der Waals surface area contributed by atoms with E-state index in [-0.39, 0.29) is 16.0 Å². The minimum Gasteiger partial charge on any atom is -0.244 e. The number of sulfonamides is 1. The Kier molecular flexibility index (Phi) is 3.88. The molecular formula is C13H17N3O2S. The van der Waals surface area contributed by atoms with Crippen molar-refractivity contribution in [2.75, 3.05) is 6.54 Å². The number of nitrogens with one attached hydrogen (secondary N) is 1. The van der Waals surface area contributed by atoms with Crippen LogP contribution in [0.4, 0.5) is 0 Å². The molecule has 1 fully saturated rings. The zero-order valence-corrected chi connectivity index (χ0v) is 11.7. The Bertz CT molecular complexity index is 581. The second-order valence-corrected chi connectivity index (χ2v) is 7.10. The van der Waals surface area contributed by atoms with Gasteiger partial charge in [-0.3, -0.25) is 0 Å². The van der Waals surface area contributed by atoms with Gasteiger partial charge in [0.2, 0.25) is 10.0 Å². The lowest BCUT2D eigenvalue weighted by atomic mass is 9.89. The Labute approximate surface area is 113 Å². The average molecular weight is 279 g/mol. The van der Waals surface area contributed by atoms with Crippen LogP contribution >= 0.6 is 0 Å². The van der Waals surface area contributed by atoms with Gasteiger partial charge in [-0.15, -0.1) is 0 Å². The molecular weight excluding hydrogens is 262 g/mol. The number of nitriles is 1. The van der Waals surface area contributed by atoms with Crippen LogP contribution in [-0.4, -0.2) is 19.9 Å².